The Morgan fingerprint density at radius 1 is 1.21 bits per heavy atom. The molecular formula is C13H17BBrNO3. The number of carbonyl (C=O) groups is 1. The van der Waals surface area contributed by atoms with Crippen LogP contribution in [0, 0.1) is 0 Å². The van der Waals surface area contributed by atoms with Crippen molar-refractivity contribution in [2.45, 2.75) is 45.8 Å². The summed E-state index contributed by atoms with van der Waals surface area (Å²) in [6.45, 7) is 9.46. The molecule has 102 valence electrons. The van der Waals surface area contributed by atoms with Crippen LogP contribution in [0.25, 0.3) is 0 Å². The first-order valence-electron chi connectivity index (χ1n) is 6.16. The third-order valence-corrected chi connectivity index (χ3v) is 4.12. The van der Waals surface area contributed by atoms with Gasteiger partial charge in [0.2, 0.25) is 0 Å². The van der Waals surface area contributed by atoms with Gasteiger partial charge in [0.15, 0.2) is 5.78 Å². The third kappa shape index (κ3) is 2.76. The van der Waals surface area contributed by atoms with E-state index in [2.05, 4.69) is 20.9 Å². The van der Waals surface area contributed by atoms with E-state index in [0.717, 1.165) is 0 Å². The number of nitrogens with zero attached hydrogens (tertiary/aromatic N) is 1. The maximum atomic E-state index is 11.5. The van der Waals surface area contributed by atoms with E-state index in [-0.39, 0.29) is 5.78 Å². The maximum Gasteiger partial charge on any atom is 0.514 e. The highest BCUT2D eigenvalue weighted by Gasteiger charge is 2.52. The van der Waals surface area contributed by atoms with E-state index >= 15 is 0 Å². The molecule has 1 aliphatic rings. The molecule has 0 spiro atoms. The predicted octanol–water partition coefficient (Wildman–Crippen LogP) is 2.35. The third-order valence-electron chi connectivity index (χ3n) is 3.72. The lowest BCUT2D eigenvalue weighted by Crippen LogP contribution is -2.41. The van der Waals surface area contributed by atoms with Gasteiger partial charge in [0.25, 0.3) is 0 Å². The second-order valence-corrected chi connectivity index (χ2v) is 6.56. The summed E-state index contributed by atoms with van der Waals surface area (Å²) in [5, 5.41) is 0. The predicted molar refractivity (Wildman–Crippen MR) is 77.7 cm³/mol. The molecule has 0 unspecified atom stereocenters. The molecular weight excluding hydrogens is 309 g/mol. The lowest BCUT2D eigenvalue weighted by atomic mass is 9.83. The van der Waals surface area contributed by atoms with Crippen molar-refractivity contribution in [1.82, 2.24) is 4.98 Å². The molecule has 4 nitrogen and oxygen atoms in total. The highest BCUT2D eigenvalue weighted by atomic mass is 79.9. The van der Waals surface area contributed by atoms with Gasteiger partial charge in [-0.05, 0) is 62.7 Å². The van der Waals surface area contributed by atoms with Crippen LogP contribution in [0.2, 0.25) is 0 Å². The molecule has 0 saturated carbocycles. The summed E-state index contributed by atoms with van der Waals surface area (Å²) in [5.74, 6) is -0.0131. The summed E-state index contributed by atoms with van der Waals surface area (Å²) in [5.41, 5.74) is 0.362. The molecule has 2 heterocycles. The number of hydrogen-bond acceptors (Lipinski definition) is 4. The Morgan fingerprint density at radius 2 is 1.74 bits per heavy atom. The Morgan fingerprint density at radius 3 is 2.21 bits per heavy atom. The molecule has 0 atom stereocenters. The summed E-state index contributed by atoms with van der Waals surface area (Å²) >= 11 is 3.31. The smallest absolute Gasteiger partial charge is 0.398 e. The van der Waals surface area contributed by atoms with Crippen molar-refractivity contribution in [2.75, 3.05) is 0 Å². The first kappa shape index (κ1) is 14.7. The Kier molecular flexibility index (Phi) is 3.62. The van der Waals surface area contributed by atoms with E-state index in [4.69, 9.17) is 9.31 Å². The first-order valence-corrected chi connectivity index (χ1v) is 6.96. The molecule has 0 radical (unpaired) electrons. The van der Waals surface area contributed by atoms with Crippen LogP contribution in [0.4, 0.5) is 0 Å². The molecule has 6 heteroatoms. The van der Waals surface area contributed by atoms with Gasteiger partial charge in [-0.2, -0.15) is 0 Å². The molecule has 1 aromatic rings. The Balaban J connectivity index is 2.37. The molecule has 0 bridgehead atoms. The van der Waals surface area contributed by atoms with Gasteiger partial charge in [0.1, 0.15) is 4.60 Å². The standard InChI is InChI=1S/C13H17BBrNO3/c1-8(17)9-6-10(16-11(15)7-9)14-18-12(2,3)13(4,5)19-14/h6-7H,1-5H3. The van der Waals surface area contributed by atoms with E-state index in [1.54, 1.807) is 12.1 Å². The largest absolute Gasteiger partial charge is 0.514 e. The van der Waals surface area contributed by atoms with Crippen molar-refractivity contribution in [3.05, 3.63) is 22.3 Å². The fourth-order valence-electron chi connectivity index (χ4n) is 1.81. The van der Waals surface area contributed by atoms with Crippen LogP contribution in [-0.2, 0) is 9.31 Å². The molecule has 0 N–H and O–H groups in total. The number of ketones is 1. The van der Waals surface area contributed by atoms with Crippen LogP contribution in [0.5, 0.6) is 0 Å². The number of halogens is 1. The summed E-state index contributed by atoms with van der Waals surface area (Å²) in [4.78, 5) is 15.8. The van der Waals surface area contributed by atoms with E-state index in [0.29, 0.717) is 15.8 Å². The summed E-state index contributed by atoms with van der Waals surface area (Å²) in [6.07, 6.45) is 0. The number of aromatic nitrogens is 1. The number of carbonyl (C=O) groups excluding carboxylic acids is 1. The van der Waals surface area contributed by atoms with Crippen LogP contribution in [0.15, 0.2) is 16.7 Å². The van der Waals surface area contributed by atoms with Crippen molar-refractivity contribution in [3.8, 4) is 0 Å². The van der Waals surface area contributed by atoms with E-state index < -0.39 is 18.3 Å². The molecule has 1 aromatic heterocycles. The van der Waals surface area contributed by atoms with Crippen LogP contribution in [0.1, 0.15) is 45.0 Å². The van der Waals surface area contributed by atoms with Gasteiger partial charge in [-0.3, -0.25) is 4.79 Å². The van der Waals surface area contributed by atoms with Gasteiger partial charge < -0.3 is 9.31 Å². The Labute approximate surface area is 122 Å². The molecule has 0 amide bonds. The summed E-state index contributed by atoms with van der Waals surface area (Å²) in [6, 6.07) is 3.41. The van der Waals surface area contributed by atoms with Crippen LogP contribution < -0.4 is 5.59 Å². The Bertz CT molecular complexity index is 515. The maximum absolute atomic E-state index is 11.5. The van der Waals surface area contributed by atoms with Gasteiger partial charge in [0, 0.05) is 5.56 Å². The minimum atomic E-state index is -0.555. The van der Waals surface area contributed by atoms with Crippen LogP contribution >= 0.6 is 15.9 Å². The minimum Gasteiger partial charge on any atom is -0.398 e. The topological polar surface area (TPSA) is 48.4 Å². The fourth-order valence-corrected chi connectivity index (χ4v) is 2.26. The molecule has 0 aromatic carbocycles. The quantitative estimate of drug-likeness (QED) is 0.476. The molecule has 1 fully saturated rings. The summed E-state index contributed by atoms with van der Waals surface area (Å²) in [7, 11) is -0.555. The van der Waals surface area contributed by atoms with E-state index in [1.165, 1.54) is 6.92 Å². The first-order chi connectivity index (χ1) is 8.62. The van der Waals surface area contributed by atoms with Crippen molar-refractivity contribution in [2.24, 2.45) is 0 Å². The average Bonchev–Trinajstić information content (AvgIpc) is 2.47. The highest BCUT2D eigenvalue weighted by molar-refractivity contribution is 9.10. The van der Waals surface area contributed by atoms with E-state index in [9.17, 15) is 4.79 Å². The van der Waals surface area contributed by atoms with Gasteiger partial charge in [0.05, 0.1) is 16.8 Å². The zero-order valence-corrected chi connectivity index (χ0v) is 13.4. The average molecular weight is 326 g/mol. The molecule has 2 rings (SSSR count). The molecule has 1 saturated heterocycles. The summed E-state index contributed by atoms with van der Waals surface area (Å²) < 4.78 is 12.4. The zero-order chi connectivity index (χ0) is 14.4. The number of pyridine rings is 1. The van der Waals surface area contributed by atoms with E-state index in [1.807, 2.05) is 27.7 Å². The zero-order valence-electron chi connectivity index (χ0n) is 11.8. The van der Waals surface area contributed by atoms with Crippen molar-refractivity contribution in [3.63, 3.8) is 0 Å². The second kappa shape index (κ2) is 4.68. The highest BCUT2D eigenvalue weighted by Crippen LogP contribution is 2.36. The van der Waals surface area contributed by atoms with Gasteiger partial charge in [-0.25, -0.2) is 4.98 Å². The second-order valence-electron chi connectivity index (χ2n) is 5.75. The number of Topliss-reactive ketones (excluding diaryl/α,β-unsaturated/α-hetero) is 1. The minimum absolute atomic E-state index is 0.0131. The molecule has 1 aliphatic heterocycles. The van der Waals surface area contributed by atoms with Crippen molar-refractivity contribution in [1.29, 1.82) is 0 Å². The molecule has 0 aliphatic carbocycles. The van der Waals surface area contributed by atoms with Crippen LogP contribution in [-0.4, -0.2) is 29.1 Å². The van der Waals surface area contributed by atoms with Crippen molar-refractivity contribution < 1.29 is 14.1 Å². The van der Waals surface area contributed by atoms with Gasteiger partial charge in [-0.15, -0.1) is 0 Å². The fraction of sp³-hybridized carbons (Fsp3) is 0.538. The molecule has 19 heavy (non-hydrogen) atoms. The van der Waals surface area contributed by atoms with Crippen LogP contribution in [0.3, 0.4) is 0 Å². The number of hydrogen-bond donors (Lipinski definition) is 0. The van der Waals surface area contributed by atoms with Crippen molar-refractivity contribution >= 4 is 34.4 Å². The van der Waals surface area contributed by atoms with Gasteiger partial charge >= 0.3 is 7.12 Å². The van der Waals surface area contributed by atoms with Gasteiger partial charge in [-0.1, -0.05) is 0 Å². The number of rotatable bonds is 2. The normalized spacial score (nSPS) is 20.6. The SMILES string of the molecule is CC(=O)c1cc(Br)nc(B2OC(C)(C)C(C)(C)O2)c1. The lowest BCUT2D eigenvalue weighted by Gasteiger charge is -2.32. The monoisotopic (exact) mass is 325 g/mol. The Hall–Kier alpha value is -0.715. The lowest BCUT2D eigenvalue weighted by molar-refractivity contribution is 0.00578.